The average molecular weight is 324 g/mol. The van der Waals surface area contributed by atoms with Gasteiger partial charge in [0, 0.05) is 5.56 Å². The van der Waals surface area contributed by atoms with Gasteiger partial charge in [0.2, 0.25) is 0 Å². The summed E-state index contributed by atoms with van der Waals surface area (Å²) in [5.41, 5.74) is 2.00. The number of benzene rings is 2. The molecule has 0 aliphatic heterocycles. The van der Waals surface area contributed by atoms with E-state index < -0.39 is 0 Å². The van der Waals surface area contributed by atoms with Gasteiger partial charge in [0.05, 0.1) is 5.92 Å². The monoisotopic (exact) mass is 324 g/mol. The van der Waals surface area contributed by atoms with Gasteiger partial charge in [-0.15, -0.1) is 0 Å². The number of carbonyl (C=O) groups is 1. The molecule has 0 saturated heterocycles. The smallest absolute Gasteiger partial charge is 0.318 e. The van der Waals surface area contributed by atoms with Crippen molar-refractivity contribution in [3.05, 3.63) is 65.7 Å². The molecule has 0 aliphatic rings. The number of ether oxygens (including phenoxy) is 1. The molecule has 2 aromatic rings. The van der Waals surface area contributed by atoms with Crippen molar-refractivity contribution < 1.29 is 9.53 Å². The summed E-state index contributed by atoms with van der Waals surface area (Å²) in [5, 5.41) is 0. The summed E-state index contributed by atoms with van der Waals surface area (Å²) < 4.78 is 5.85. The van der Waals surface area contributed by atoms with Crippen LogP contribution in [0.1, 0.15) is 58.1 Å². The molecule has 128 valence electrons. The molecule has 0 aliphatic carbocycles. The third-order valence-corrected chi connectivity index (χ3v) is 4.10. The number of carbonyl (C=O) groups excluding carboxylic acids is 1. The lowest BCUT2D eigenvalue weighted by molar-refractivity contribution is -0.136. The SMILES string of the molecule is CC(C)C[C@@H](C(=O)Oc1ccccc1C(C)(C)C)c1ccccc1. The van der Waals surface area contributed by atoms with Crippen molar-refractivity contribution >= 4 is 5.97 Å². The lowest BCUT2D eigenvalue weighted by Gasteiger charge is -2.24. The Morgan fingerprint density at radius 3 is 2.12 bits per heavy atom. The molecule has 24 heavy (non-hydrogen) atoms. The van der Waals surface area contributed by atoms with Crippen LogP contribution < -0.4 is 4.74 Å². The van der Waals surface area contributed by atoms with Gasteiger partial charge >= 0.3 is 5.97 Å². The van der Waals surface area contributed by atoms with E-state index >= 15 is 0 Å². The first-order valence-corrected chi connectivity index (χ1v) is 8.65. The maximum absolute atomic E-state index is 12.9. The van der Waals surface area contributed by atoms with E-state index in [-0.39, 0.29) is 17.3 Å². The van der Waals surface area contributed by atoms with E-state index in [0.29, 0.717) is 11.7 Å². The Morgan fingerprint density at radius 1 is 0.958 bits per heavy atom. The van der Waals surface area contributed by atoms with Gasteiger partial charge in [-0.1, -0.05) is 83.1 Å². The predicted octanol–water partition coefficient (Wildman–Crippen LogP) is 5.72. The Kier molecular flexibility index (Phi) is 5.82. The van der Waals surface area contributed by atoms with Gasteiger partial charge in [0.1, 0.15) is 5.75 Å². The summed E-state index contributed by atoms with van der Waals surface area (Å²) in [6.07, 6.45) is 0.778. The zero-order valence-corrected chi connectivity index (χ0v) is 15.4. The first-order chi connectivity index (χ1) is 11.3. The van der Waals surface area contributed by atoms with E-state index in [0.717, 1.165) is 17.5 Å². The maximum atomic E-state index is 12.9. The summed E-state index contributed by atoms with van der Waals surface area (Å²) in [4.78, 5) is 12.9. The van der Waals surface area contributed by atoms with Crippen molar-refractivity contribution in [3.8, 4) is 5.75 Å². The molecule has 0 heterocycles. The van der Waals surface area contributed by atoms with Gasteiger partial charge in [-0.05, 0) is 29.4 Å². The molecule has 0 bridgehead atoms. The Morgan fingerprint density at radius 2 is 1.54 bits per heavy atom. The van der Waals surface area contributed by atoms with Crippen LogP contribution in [0.3, 0.4) is 0 Å². The number of hydrogen-bond donors (Lipinski definition) is 0. The van der Waals surface area contributed by atoms with Crippen LogP contribution in [0, 0.1) is 5.92 Å². The summed E-state index contributed by atoms with van der Waals surface area (Å²) in [5.74, 6) is 0.672. The van der Waals surface area contributed by atoms with Crippen LogP contribution in [0.15, 0.2) is 54.6 Å². The van der Waals surface area contributed by atoms with Crippen LogP contribution in [0.2, 0.25) is 0 Å². The average Bonchev–Trinajstić information content (AvgIpc) is 2.52. The highest BCUT2D eigenvalue weighted by Gasteiger charge is 2.26. The molecular formula is C22H28O2. The summed E-state index contributed by atoms with van der Waals surface area (Å²) in [7, 11) is 0. The zero-order chi connectivity index (χ0) is 17.7. The molecule has 2 heteroatoms. The predicted molar refractivity (Wildman–Crippen MR) is 99.4 cm³/mol. The second-order valence-corrected chi connectivity index (χ2v) is 7.76. The highest BCUT2D eigenvalue weighted by Crippen LogP contribution is 2.33. The molecule has 2 rings (SSSR count). The number of para-hydroxylation sites is 1. The molecule has 0 aromatic heterocycles. The van der Waals surface area contributed by atoms with Crippen LogP contribution in [0.4, 0.5) is 0 Å². The van der Waals surface area contributed by atoms with Crippen LogP contribution in [0.25, 0.3) is 0 Å². The standard InChI is InChI=1S/C22H28O2/c1-16(2)15-18(17-11-7-6-8-12-17)21(23)24-20-14-10-9-13-19(20)22(3,4)5/h6-14,16,18H,15H2,1-5H3/t18-/m1/s1. The maximum Gasteiger partial charge on any atom is 0.318 e. The molecule has 2 nitrogen and oxygen atoms in total. The van der Waals surface area contributed by atoms with E-state index in [1.165, 1.54) is 0 Å². The quantitative estimate of drug-likeness (QED) is 0.519. The number of hydrogen-bond acceptors (Lipinski definition) is 2. The molecule has 2 aromatic carbocycles. The van der Waals surface area contributed by atoms with Crippen LogP contribution in [-0.2, 0) is 10.2 Å². The van der Waals surface area contributed by atoms with Crippen molar-refractivity contribution in [1.82, 2.24) is 0 Å². The normalized spacial score (nSPS) is 12.9. The van der Waals surface area contributed by atoms with Gasteiger partial charge in [-0.25, -0.2) is 0 Å². The number of rotatable bonds is 5. The second-order valence-electron chi connectivity index (χ2n) is 7.76. The molecule has 0 fully saturated rings. The van der Waals surface area contributed by atoms with E-state index in [9.17, 15) is 4.79 Å². The highest BCUT2D eigenvalue weighted by atomic mass is 16.5. The summed E-state index contributed by atoms with van der Waals surface area (Å²) >= 11 is 0. The molecule has 0 N–H and O–H groups in total. The first-order valence-electron chi connectivity index (χ1n) is 8.65. The molecular weight excluding hydrogens is 296 g/mol. The van der Waals surface area contributed by atoms with Gasteiger partial charge in [-0.2, -0.15) is 0 Å². The van der Waals surface area contributed by atoms with Crippen molar-refractivity contribution in [1.29, 1.82) is 0 Å². The minimum absolute atomic E-state index is 0.0723. The number of esters is 1. The first kappa shape index (κ1) is 18.3. The van der Waals surface area contributed by atoms with E-state index in [1.54, 1.807) is 0 Å². The van der Waals surface area contributed by atoms with Crippen molar-refractivity contribution in [2.75, 3.05) is 0 Å². The summed E-state index contributed by atoms with van der Waals surface area (Å²) in [6.45, 7) is 10.6. The van der Waals surface area contributed by atoms with Crippen molar-refractivity contribution in [2.24, 2.45) is 5.92 Å². The van der Waals surface area contributed by atoms with Crippen molar-refractivity contribution in [3.63, 3.8) is 0 Å². The molecule has 0 amide bonds. The lowest BCUT2D eigenvalue weighted by Crippen LogP contribution is -2.22. The van der Waals surface area contributed by atoms with E-state index in [4.69, 9.17) is 4.74 Å². The molecule has 0 spiro atoms. The fourth-order valence-electron chi connectivity index (χ4n) is 2.88. The third-order valence-electron chi connectivity index (χ3n) is 4.10. The van der Waals surface area contributed by atoms with Gasteiger partial charge in [-0.3, -0.25) is 4.79 Å². The van der Waals surface area contributed by atoms with Crippen molar-refractivity contribution in [2.45, 2.75) is 52.4 Å². The minimum Gasteiger partial charge on any atom is -0.426 e. The van der Waals surface area contributed by atoms with Crippen LogP contribution in [-0.4, -0.2) is 5.97 Å². The molecule has 0 saturated carbocycles. The Bertz CT molecular complexity index is 666. The fraction of sp³-hybridized carbons (Fsp3) is 0.409. The highest BCUT2D eigenvalue weighted by molar-refractivity contribution is 5.80. The summed E-state index contributed by atoms with van der Waals surface area (Å²) in [6, 6.07) is 17.7. The van der Waals surface area contributed by atoms with Gasteiger partial charge in [0.25, 0.3) is 0 Å². The third kappa shape index (κ3) is 4.70. The fourth-order valence-corrected chi connectivity index (χ4v) is 2.88. The van der Waals surface area contributed by atoms with Gasteiger partial charge < -0.3 is 4.74 Å². The van der Waals surface area contributed by atoms with Crippen LogP contribution >= 0.6 is 0 Å². The Balaban J connectivity index is 2.29. The molecule has 0 unspecified atom stereocenters. The Hall–Kier alpha value is -2.09. The lowest BCUT2D eigenvalue weighted by atomic mass is 9.86. The zero-order valence-electron chi connectivity index (χ0n) is 15.4. The van der Waals surface area contributed by atoms with E-state index in [1.807, 2.05) is 54.6 Å². The molecule has 1 atom stereocenters. The second kappa shape index (κ2) is 7.65. The van der Waals surface area contributed by atoms with Gasteiger partial charge in [0.15, 0.2) is 0 Å². The molecule has 0 radical (unpaired) electrons. The Labute approximate surface area is 145 Å². The largest absolute Gasteiger partial charge is 0.426 e. The van der Waals surface area contributed by atoms with Crippen LogP contribution in [0.5, 0.6) is 5.75 Å². The topological polar surface area (TPSA) is 26.3 Å². The van der Waals surface area contributed by atoms with E-state index in [2.05, 4.69) is 34.6 Å². The minimum atomic E-state index is -0.237.